The average molecular weight is 596 g/mol. The molecule has 218 valence electrons. The summed E-state index contributed by atoms with van der Waals surface area (Å²) in [5.74, 6) is 0.319. The molecule has 1 unspecified atom stereocenters. The van der Waals surface area contributed by atoms with Crippen molar-refractivity contribution in [3.63, 3.8) is 0 Å². The molecule has 1 atom stereocenters. The highest BCUT2D eigenvalue weighted by Crippen LogP contribution is 2.48. The first-order valence-electron chi connectivity index (χ1n) is 14.5. The molecule has 5 aromatic rings. The summed E-state index contributed by atoms with van der Waals surface area (Å²) in [6.07, 6.45) is 10.1. The molecular weight excluding hydrogens is 565 g/mol. The van der Waals surface area contributed by atoms with Crippen LogP contribution < -0.4 is 15.5 Å². The monoisotopic (exact) mass is 595 g/mol. The van der Waals surface area contributed by atoms with Crippen LogP contribution in [-0.4, -0.2) is 57.3 Å². The predicted molar refractivity (Wildman–Crippen MR) is 166 cm³/mol. The van der Waals surface area contributed by atoms with Gasteiger partial charge < -0.3 is 19.5 Å². The number of pyridine rings is 1. The maximum atomic E-state index is 15.9. The lowest BCUT2D eigenvalue weighted by atomic mass is 10.0. The molecule has 10 heteroatoms. The van der Waals surface area contributed by atoms with Gasteiger partial charge in [-0.3, -0.25) is 19.6 Å². The van der Waals surface area contributed by atoms with Gasteiger partial charge in [0, 0.05) is 54.9 Å². The van der Waals surface area contributed by atoms with Gasteiger partial charge in [0.1, 0.15) is 16.9 Å². The Hall–Kier alpha value is -4.28. The fourth-order valence-electron chi connectivity index (χ4n) is 6.13. The lowest BCUT2D eigenvalue weighted by molar-refractivity contribution is 0.0949. The second-order valence-electron chi connectivity index (χ2n) is 11.0. The number of thioether (sulfide) groups is 1. The third-order valence-corrected chi connectivity index (χ3v) is 9.45. The molecule has 1 fully saturated rings. The number of carbonyl (C=O) groups excluding carboxylic acids is 1. The van der Waals surface area contributed by atoms with Crippen molar-refractivity contribution in [2.45, 2.75) is 36.6 Å². The number of benzene rings is 3. The average Bonchev–Trinajstić information content (AvgIpc) is 3.44. The van der Waals surface area contributed by atoms with Crippen LogP contribution in [0.3, 0.4) is 0 Å². The highest BCUT2D eigenvalue weighted by Gasteiger charge is 2.30. The highest BCUT2D eigenvalue weighted by molar-refractivity contribution is 7.99. The molecule has 2 aliphatic heterocycles. The van der Waals surface area contributed by atoms with Crippen LogP contribution in [0.1, 0.15) is 35.3 Å². The first-order valence-corrected chi connectivity index (χ1v) is 15.5. The number of ether oxygens (including phenoxy) is 1. The topological polar surface area (TPSA) is 89.4 Å². The molecule has 0 spiro atoms. The van der Waals surface area contributed by atoms with E-state index >= 15 is 4.39 Å². The molecule has 0 bridgehead atoms. The van der Waals surface area contributed by atoms with E-state index < -0.39 is 17.2 Å². The Kier molecular flexibility index (Phi) is 7.32. The molecule has 43 heavy (non-hydrogen) atoms. The van der Waals surface area contributed by atoms with Gasteiger partial charge in [-0.2, -0.15) is 0 Å². The lowest BCUT2D eigenvalue weighted by Crippen LogP contribution is -2.34. The lowest BCUT2D eigenvalue weighted by Gasteiger charge is -2.27. The summed E-state index contributed by atoms with van der Waals surface area (Å²) in [4.78, 5) is 38.2. The molecule has 8 nitrogen and oxygen atoms in total. The molecule has 0 saturated carbocycles. The molecule has 1 amide bonds. The van der Waals surface area contributed by atoms with Crippen molar-refractivity contribution in [1.29, 1.82) is 0 Å². The van der Waals surface area contributed by atoms with Crippen molar-refractivity contribution in [3.05, 3.63) is 94.5 Å². The van der Waals surface area contributed by atoms with Gasteiger partial charge in [0.15, 0.2) is 11.5 Å². The second-order valence-corrected chi connectivity index (χ2v) is 12.1. The minimum absolute atomic E-state index is 0.0262. The van der Waals surface area contributed by atoms with E-state index in [4.69, 9.17) is 4.74 Å². The fourth-order valence-corrected chi connectivity index (χ4v) is 7.11. The van der Waals surface area contributed by atoms with E-state index in [-0.39, 0.29) is 16.7 Å². The van der Waals surface area contributed by atoms with Crippen LogP contribution in [-0.2, 0) is 6.42 Å². The van der Waals surface area contributed by atoms with Crippen molar-refractivity contribution in [1.82, 2.24) is 24.8 Å². The highest BCUT2D eigenvalue weighted by atomic mass is 32.2. The number of aromatic nitrogens is 3. The normalized spacial score (nSPS) is 15.9. The summed E-state index contributed by atoms with van der Waals surface area (Å²) in [6, 6.07) is 13.3. The number of amides is 1. The summed E-state index contributed by atoms with van der Waals surface area (Å²) in [7, 11) is 2.09. The smallest absolute Gasteiger partial charge is 0.256 e. The Morgan fingerprint density at radius 1 is 1.16 bits per heavy atom. The van der Waals surface area contributed by atoms with E-state index in [1.165, 1.54) is 17.8 Å². The van der Waals surface area contributed by atoms with E-state index in [1.807, 2.05) is 41.0 Å². The largest absolute Gasteiger partial charge is 0.451 e. The van der Waals surface area contributed by atoms with Crippen LogP contribution in [0.5, 0.6) is 11.5 Å². The molecule has 1 N–H and O–H groups in total. The summed E-state index contributed by atoms with van der Waals surface area (Å²) in [6.45, 7) is 1.51. The number of hydrogen-bond donors (Lipinski definition) is 1. The Morgan fingerprint density at radius 2 is 2.05 bits per heavy atom. The molecule has 2 aromatic heterocycles. The minimum atomic E-state index is -0.569. The Bertz CT molecular complexity index is 1930. The SMILES string of the molecule is CN1CCCC1CCNC(=O)c1cn2c3c(c(SCCc4cnccn4)c(F)cc3c1=O)Oc1c-2ccc2ccccc12. The zero-order valence-corrected chi connectivity index (χ0v) is 24.5. The van der Waals surface area contributed by atoms with E-state index in [0.29, 0.717) is 46.6 Å². The summed E-state index contributed by atoms with van der Waals surface area (Å²) in [5, 5.41) is 4.86. The van der Waals surface area contributed by atoms with Crippen LogP contribution in [0.25, 0.3) is 27.4 Å². The number of nitrogens with zero attached hydrogens (tertiary/aromatic N) is 4. The van der Waals surface area contributed by atoms with E-state index in [2.05, 4.69) is 27.2 Å². The van der Waals surface area contributed by atoms with Gasteiger partial charge in [0.05, 0.1) is 21.7 Å². The number of fused-ring (bicyclic) bond motifs is 4. The van der Waals surface area contributed by atoms with Crippen molar-refractivity contribution in [3.8, 4) is 17.2 Å². The standard InChI is InChI=1S/C33H30FN5O3S/c1-38-15-4-6-22(38)10-12-37-33(41)25-19-39-27-9-8-20-5-2-3-7-23(20)30(27)42-31-28(39)24(29(25)40)17-26(34)32(31)43-16-11-21-18-35-13-14-36-21/h2-3,5,7-9,13-14,17-19,22H,4,6,10-12,15-16H2,1H3,(H,37,41). The summed E-state index contributed by atoms with van der Waals surface area (Å²) < 4.78 is 24.2. The van der Waals surface area contributed by atoms with E-state index in [0.717, 1.165) is 42.3 Å². The van der Waals surface area contributed by atoms with Gasteiger partial charge in [-0.1, -0.05) is 30.3 Å². The molecule has 7 rings (SSSR count). The second kappa shape index (κ2) is 11.4. The molecule has 0 aliphatic carbocycles. The summed E-state index contributed by atoms with van der Waals surface area (Å²) >= 11 is 1.30. The first-order chi connectivity index (χ1) is 21.0. The van der Waals surface area contributed by atoms with Crippen LogP contribution >= 0.6 is 11.8 Å². The number of nitrogens with one attached hydrogen (secondary N) is 1. The minimum Gasteiger partial charge on any atom is -0.451 e. The number of halogens is 1. The van der Waals surface area contributed by atoms with Gasteiger partial charge in [-0.05, 0) is 50.4 Å². The van der Waals surface area contributed by atoms with Gasteiger partial charge in [-0.15, -0.1) is 11.8 Å². The van der Waals surface area contributed by atoms with Crippen LogP contribution in [0.15, 0.2) is 76.9 Å². The van der Waals surface area contributed by atoms with Crippen LogP contribution in [0.2, 0.25) is 0 Å². The van der Waals surface area contributed by atoms with Crippen LogP contribution in [0, 0.1) is 5.82 Å². The van der Waals surface area contributed by atoms with Gasteiger partial charge in [0.2, 0.25) is 5.43 Å². The van der Waals surface area contributed by atoms with Crippen LogP contribution in [0.4, 0.5) is 4.39 Å². The third-order valence-electron chi connectivity index (χ3n) is 8.38. The molecule has 4 heterocycles. The Balaban J connectivity index is 1.31. The van der Waals surface area contributed by atoms with Crippen molar-refractivity contribution < 1.29 is 13.9 Å². The Morgan fingerprint density at radius 3 is 2.86 bits per heavy atom. The molecular formula is C33H30FN5O3S. The molecule has 2 aliphatic rings. The van der Waals surface area contributed by atoms with Crippen molar-refractivity contribution >= 4 is 39.3 Å². The number of rotatable bonds is 8. The Labute approximate surface area is 251 Å². The quantitative estimate of drug-likeness (QED) is 0.225. The van der Waals surface area contributed by atoms with Crippen molar-refractivity contribution in [2.24, 2.45) is 0 Å². The first kappa shape index (κ1) is 27.5. The fraction of sp³-hybridized carbons (Fsp3) is 0.273. The molecule has 0 radical (unpaired) electrons. The zero-order valence-electron chi connectivity index (χ0n) is 23.7. The molecule has 3 aromatic carbocycles. The third kappa shape index (κ3) is 5.04. The number of hydrogen-bond acceptors (Lipinski definition) is 7. The maximum Gasteiger partial charge on any atom is 0.256 e. The van der Waals surface area contributed by atoms with E-state index in [9.17, 15) is 9.59 Å². The number of carbonyl (C=O) groups is 1. The van der Waals surface area contributed by atoms with E-state index in [1.54, 1.807) is 24.8 Å². The predicted octanol–water partition coefficient (Wildman–Crippen LogP) is 5.73. The van der Waals surface area contributed by atoms with Gasteiger partial charge in [-0.25, -0.2) is 4.39 Å². The van der Waals surface area contributed by atoms with Gasteiger partial charge in [0.25, 0.3) is 5.91 Å². The molecule has 1 saturated heterocycles. The number of likely N-dealkylation sites (tertiary alicyclic amines) is 1. The summed E-state index contributed by atoms with van der Waals surface area (Å²) in [5.41, 5.74) is 1.38. The number of aryl methyl sites for hydroxylation is 1. The van der Waals surface area contributed by atoms with Crippen molar-refractivity contribution in [2.75, 3.05) is 25.9 Å². The maximum absolute atomic E-state index is 15.9. The zero-order chi connectivity index (χ0) is 29.5. The van der Waals surface area contributed by atoms with Gasteiger partial charge >= 0.3 is 0 Å².